The van der Waals surface area contributed by atoms with Gasteiger partial charge in [-0.3, -0.25) is 4.90 Å². The number of rotatable bonds is 4. The van der Waals surface area contributed by atoms with Gasteiger partial charge in [0.05, 0.1) is 0 Å². The van der Waals surface area contributed by atoms with E-state index in [4.69, 9.17) is 0 Å². The van der Waals surface area contributed by atoms with Crippen molar-refractivity contribution >= 4 is 15.9 Å². The van der Waals surface area contributed by atoms with Crippen molar-refractivity contribution in [3.63, 3.8) is 0 Å². The number of halogens is 1. The summed E-state index contributed by atoms with van der Waals surface area (Å²) in [5, 5.41) is 10.2. The summed E-state index contributed by atoms with van der Waals surface area (Å²) in [5.74, 6) is 0. The lowest BCUT2D eigenvalue weighted by atomic mass is 10.2. The third-order valence-corrected chi connectivity index (χ3v) is 2.70. The van der Waals surface area contributed by atoms with Crippen LogP contribution >= 0.6 is 15.9 Å². The Hall–Kier alpha value is 0.400. The number of alkyl halides is 1. The fourth-order valence-electron chi connectivity index (χ4n) is 0.678. The second-order valence-corrected chi connectivity index (χ2v) is 3.33. The molecule has 62 valence electrons. The third-order valence-electron chi connectivity index (χ3n) is 1.63. The molecule has 0 aromatic heterocycles. The Morgan fingerprint density at radius 2 is 2.10 bits per heavy atom. The summed E-state index contributed by atoms with van der Waals surface area (Å²) < 4.78 is 0. The van der Waals surface area contributed by atoms with Gasteiger partial charge < -0.3 is 5.11 Å². The lowest BCUT2D eigenvalue weighted by molar-refractivity contribution is -0.0573. The fourth-order valence-corrected chi connectivity index (χ4v) is 1.11. The first-order valence-corrected chi connectivity index (χ1v) is 4.66. The smallest absolute Gasteiger partial charge is 0.125 e. The molecule has 0 aromatic carbocycles. The summed E-state index contributed by atoms with van der Waals surface area (Å²) in [6.07, 6.45) is 1.07. The van der Waals surface area contributed by atoms with Crippen LogP contribution in [0.2, 0.25) is 0 Å². The van der Waals surface area contributed by atoms with E-state index in [1.54, 1.807) is 6.92 Å². The zero-order chi connectivity index (χ0) is 8.20. The van der Waals surface area contributed by atoms with Crippen molar-refractivity contribution in [2.45, 2.75) is 26.0 Å². The molecule has 1 unspecified atom stereocenters. The van der Waals surface area contributed by atoms with E-state index in [0.717, 1.165) is 13.0 Å². The Bertz CT molecular complexity index is 95.6. The molecule has 1 N–H and O–H groups in total. The van der Waals surface area contributed by atoms with Gasteiger partial charge in [0.25, 0.3) is 0 Å². The topological polar surface area (TPSA) is 23.5 Å². The highest BCUT2D eigenvalue weighted by atomic mass is 79.9. The molecule has 0 rings (SSSR count). The molecular formula is C7H16BrNO. The summed E-state index contributed by atoms with van der Waals surface area (Å²) in [6.45, 7) is 4.83. The van der Waals surface area contributed by atoms with Crippen LogP contribution in [0.5, 0.6) is 0 Å². The molecule has 3 heteroatoms. The van der Waals surface area contributed by atoms with Crippen LogP contribution < -0.4 is 0 Å². The Labute approximate surface area is 71.4 Å². The molecule has 0 fully saturated rings. The monoisotopic (exact) mass is 209 g/mol. The zero-order valence-corrected chi connectivity index (χ0v) is 8.48. The molecular weight excluding hydrogens is 194 g/mol. The Morgan fingerprint density at radius 1 is 1.60 bits per heavy atom. The van der Waals surface area contributed by atoms with E-state index < -0.39 is 5.72 Å². The van der Waals surface area contributed by atoms with Crippen molar-refractivity contribution in [2.75, 3.05) is 18.9 Å². The molecule has 0 saturated carbocycles. The number of aliphatic hydroxyl groups is 1. The summed E-state index contributed by atoms with van der Waals surface area (Å²) >= 11 is 3.25. The highest BCUT2D eigenvalue weighted by Gasteiger charge is 2.22. The van der Waals surface area contributed by atoms with Crippen LogP contribution in [0.15, 0.2) is 0 Å². The first-order valence-electron chi connectivity index (χ1n) is 3.54. The minimum Gasteiger partial charge on any atom is -0.375 e. The van der Waals surface area contributed by atoms with E-state index in [0.29, 0.717) is 5.33 Å². The Morgan fingerprint density at radius 3 is 2.40 bits per heavy atom. The molecule has 2 nitrogen and oxygen atoms in total. The first-order chi connectivity index (χ1) is 4.54. The van der Waals surface area contributed by atoms with Crippen molar-refractivity contribution in [3.8, 4) is 0 Å². The molecule has 0 aliphatic rings. The van der Waals surface area contributed by atoms with Crippen molar-refractivity contribution in [1.29, 1.82) is 0 Å². The standard InChI is InChI=1S/C7H16BrNO/c1-4-5-9(3)7(2,10)6-8/h10H,4-6H2,1-3H3. The van der Waals surface area contributed by atoms with Gasteiger partial charge in [-0.2, -0.15) is 0 Å². The Balaban J connectivity index is 3.78. The first kappa shape index (κ1) is 10.4. The van der Waals surface area contributed by atoms with Crippen molar-refractivity contribution in [2.24, 2.45) is 0 Å². The van der Waals surface area contributed by atoms with E-state index >= 15 is 0 Å². The summed E-state index contributed by atoms with van der Waals surface area (Å²) in [7, 11) is 1.92. The number of nitrogens with zero attached hydrogens (tertiary/aromatic N) is 1. The van der Waals surface area contributed by atoms with Crippen molar-refractivity contribution < 1.29 is 5.11 Å². The van der Waals surface area contributed by atoms with E-state index in [-0.39, 0.29) is 0 Å². The lowest BCUT2D eigenvalue weighted by Gasteiger charge is -2.31. The van der Waals surface area contributed by atoms with Crippen LogP contribution in [0.4, 0.5) is 0 Å². The maximum Gasteiger partial charge on any atom is 0.125 e. The van der Waals surface area contributed by atoms with E-state index in [1.165, 1.54) is 0 Å². The molecule has 0 aromatic rings. The highest BCUT2D eigenvalue weighted by Crippen LogP contribution is 2.11. The van der Waals surface area contributed by atoms with Gasteiger partial charge in [-0.25, -0.2) is 0 Å². The molecule has 0 saturated heterocycles. The summed E-state index contributed by atoms with van der Waals surface area (Å²) in [6, 6.07) is 0. The molecule has 0 heterocycles. The Kier molecular flexibility index (Phi) is 4.49. The molecule has 0 aliphatic heterocycles. The molecule has 0 spiro atoms. The van der Waals surface area contributed by atoms with Gasteiger partial charge in [0.15, 0.2) is 0 Å². The van der Waals surface area contributed by atoms with Gasteiger partial charge in [-0.1, -0.05) is 22.9 Å². The maximum absolute atomic E-state index is 9.60. The molecule has 10 heavy (non-hydrogen) atoms. The highest BCUT2D eigenvalue weighted by molar-refractivity contribution is 9.09. The van der Waals surface area contributed by atoms with Crippen LogP contribution in [0, 0.1) is 0 Å². The normalized spacial score (nSPS) is 17.4. The lowest BCUT2D eigenvalue weighted by Crippen LogP contribution is -2.45. The number of hydrogen-bond donors (Lipinski definition) is 1. The van der Waals surface area contributed by atoms with Gasteiger partial charge >= 0.3 is 0 Å². The minimum atomic E-state index is -0.698. The van der Waals surface area contributed by atoms with Crippen molar-refractivity contribution in [1.82, 2.24) is 4.90 Å². The van der Waals surface area contributed by atoms with Crippen LogP contribution in [0.3, 0.4) is 0 Å². The molecule has 0 radical (unpaired) electrons. The predicted octanol–water partition coefficient (Wildman–Crippen LogP) is 1.43. The minimum absolute atomic E-state index is 0.594. The van der Waals surface area contributed by atoms with E-state index in [1.807, 2.05) is 11.9 Å². The van der Waals surface area contributed by atoms with Gasteiger partial charge in [-0.05, 0) is 20.4 Å². The molecule has 0 bridgehead atoms. The van der Waals surface area contributed by atoms with Gasteiger partial charge in [0, 0.05) is 11.9 Å². The maximum atomic E-state index is 9.60. The van der Waals surface area contributed by atoms with Crippen LogP contribution in [-0.2, 0) is 0 Å². The average molecular weight is 210 g/mol. The predicted molar refractivity (Wildman–Crippen MR) is 47.3 cm³/mol. The van der Waals surface area contributed by atoms with Crippen LogP contribution in [0.1, 0.15) is 20.3 Å². The van der Waals surface area contributed by atoms with E-state index in [9.17, 15) is 5.11 Å². The average Bonchev–Trinajstić information content (AvgIpc) is 1.89. The molecule has 0 aliphatic carbocycles. The fraction of sp³-hybridized carbons (Fsp3) is 1.00. The molecule has 1 atom stereocenters. The number of hydrogen-bond acceptors (Lipinski definition) is 2. The largest absolute Gasteiger partial charge is 0.375 e. The van der Waals surface area contributed by atoms with Gasteiger partial charge in [0.1, 0.15) is 5.72 Å². The van der Waals surface area contributed by atoms with Crippen LogP contribution in [0.25, 0.3) is 0 Å². The van der Waals surface area contributed by atoms with Gasteiger partial charge in [-0.15, -0.1) is 0 Å². The summed E-state index contributed by atoms with van der Waals surface area (Å²) in [4.78, 5) is 1.93. The SMILES string of the molecule is CCCN(C)C(C)(O)CBr. The zero-order valence-electron chi connectivity index (χ0n) is 6.89. The second-order valence-electron chi connectivity index (χ2n) is 2.77. The van der Waals surface area contributed by atoms with Gasteiger partial charge in [0.2, 0.25) is 0 Å². The third kappa shape index (κ3) is 2.99. The van der Waals surface area contributed by atoms with E-state index in [2.05, 4.69) is 22.9 Å². The second kappa shape index (κ2) is 4.31. The van der Waals surface area contributed by atoms with Crippen molar-refractivity contribution in [3.05, 3.63) is 0 Å². The summed E-state index contributed by atoms with van der Waals surface area (Å²) in [5.41, 5.74) is -0.698. The molecule has 0 amide bonds. The van der Waals surface area contributed by atoms with Crippen LogP contribution in [-0.4, -0.2) is 34.7 Å². The quantitative estimate of drug-likeness (QED) is 0.560.